The maximum Gasteiger partial charge on any atom is 0.254 e. The van der Waals surface area contributed by atoms with Gasteiger partial charge in [-0.1, -0.05) is 0 Å². The van der Waals surface area contributed by atoms with Crippen LogP contribution in [0.2, 0.25) is 0 Å². The summed E-state index contributed by atoms with van der Waals surface area (Å²) in [6, 6.07) is 3.58. The molecule has 27 heavy (non-hydrogen) atoms. The Labute approximate surface area is 161 Å². The summed E-state index contributed by atoms with van der Waals surface area (Å²) in [5.74, 6) is 1.01. The van der Waals surface area contributed by atoms with Gasteiger partial charge in [-0.25, -0.2) is 4.98 Å². The van der Waals surface area contributed by atoms with Crippen LogP contribution in [0.3, 0.4) is 0 Å². The van der Waals surface area contributed by atoms with Crippen LogP contribution in [0, 0.1) is 5.41 Å². The van der Waals surface area contributed by atoms with E-state index >= 15 is 0 Å². The molecule has 0 bridgehead atoms. The number of pyridine rings is 1. The number of hydrogen-bond acceptors (Lipinski definition) is 5. The lowest BCUT2D eigenvalue weighted by atomic mass is 9.73. The molecule has 0 aromatic carbocycles. The Morgan fingerprint density at radius 1 is 1.33 bits per heavy atom. The quantitative estimate of drug-likeness (QED) is 0.848. The van der Waals surface area contributed by atoms with Crippen molar-refractivity contribution in [1.82, 2.24) is 19.7 Å². The average Bonchev–Trinajstić information content (AvgIpc) is 2.68. The van der Waals surface area contributed by atoms with Gasteiger partial charge in [0.25, 0.3) is 5.91 Å². The molecule has 0 saturated carbocycles. The summed E-state index contributed by atoms with van der Waals surface area (Å²) in [5.41, 5.74) is 0.704. The molecule has 7 nitrogen and oxygen atoms in total. The first-order valence-electron chi connectivity index (χ1n) is 9.78. The molecular weight excluding hydrogens is 342 g/mol. The number of carbonyl (C=O) groups excluding carboxylic acids is 2. The lowest BCUT2D eigenvalue weighted by Gasteiger charge is -2.48. The van der Waals surface area contributed by atoms with Crippen molar-refractivity contribution in [3.05, 3.63) is 23.9 Å². The molecule has 2 saturated heterocycles. The Morgan fingerprint density at radius 2 is 2.15 bits per heavy atom. The summed E-state index contributed by atoms with van der Waals surface area (Å²) in [5, 5.41) is 2.99. The monoisotopic (exact) mass is 373 g/mol. The van der Waals surface area contributed by atoms with E-state index in [1.54, 1.807) is 25.4 Å². The van der Waals surface area contributed by atoms with Crippen molar-refractivity contribution >= 4 is 17.6 Å². The van der Waals surface area contributed by atoms with Crippen LogP contribution < -0.4 is 5.32 Å². The van der Waals surface area contributed by atoms with Gasteiger partial charge in [-0.15, -0.1) is 0 Å². The van der Waals surface area contributed by atoms with Gasteiger partial charge in [-0.05, 0) is 45.5 Å². The van der Waals surface area contributed by atoms with Gasteiger partial charge in [-0.2, -0.15) is 0 Å². The molecule has 2 aliphatic heterocycles. The topological polar surface area (TPSA) is 68.8 Å². The predicted octanol–water partition coefficient (Wildman–Crippen LogP) is 1.53. The van der Waals surface area contributed by atoms with Crippen LogP contribution in [0.5, 0.6) is 0 Å². The van der Waals surface area contributed by atoms with E-state index in [0.29, 0.717) is 17.8 Å². The van der Waals surface area contributed by atoms with E-state index in [4.69, 9.17) is 0 Å². The highest BCUT2D eigenvalue weighted by Gasteiger charge is 2.42. The van der Waals surface area contributed by atoms with Crippen molar-refractivity contribution in [2.75, 3.05) is 59.2 Å². The van der Waals surface area contributed by atoms with Crippen LogP contribution in [-0.4, -0.2) is 85.4 Å². The number of nitrogens with one attached hydrogen (secondary N) is 1. The van der Waals surface area contributed by atoms with Gasteiger partial charge in [0.15, 0.2) is 0 Å². The summed E-state index contributed by atoms with van der Waals surface area (Å²) in [7, 11) is 5.85. The van der Waals surface area contributed by atoms with Crippen LogP contribution in [-0.2, 0) is 4.79 Å². The largest absolute Gasteiger partial charge is 0.373 e. The number of carbonyl (C=O) groups is 2. The number of amides is 2. The zero-order valence-corrected chi connectivity index (χ0v) is 16.7. The van der Waals surface area contributed by atoms with Gasteiger partial charge in [0.05, 0.1) is 0 Å². The number of aromatic nitrogens is 1. The van der Waals surface area contributed by atoms with E-state index in [0.717, 1.165) is 52.0 Å². The maximum absolute atomic E-state index is 13.0. The second-order valence-corrected chi connectivity index (χ2v) is 8.13. The van der Waals surface area contributed by atoms with Crippen molar-refractivity contribution in [2.45, 2.75) is 25.7 Å². The first-order valence-corrected chi connectivity index (χ1v) is 9.78. The standard InChI is InChI=1S/C20H31N5O2/c1-21-17-13-16(6-9-22-17)19(27)25-10-4-7-20(15-25)8-5-18(26)24(14-20)12-11-23(2)3/h6,9,13H,4-5,7-8,10-12,14-15H2,1-3H3,(H,21,22)/t20-/m1/s1. The average molecular weight is 374 g/mol. The van der Waals surface area contributed by atoms with Crippen LogP contribution >= 0.6 is 0 Å². The van der Waals surface area contributed by atoms with Crippen molar-refractivity contribution in [1.29, 1.82) is 0 Å². The van der Waals surface area contributed by atoms with Gasteiger partial charge < -0.3 is 20.0 Å². The smallest absolute Gasteiger partial charge is 0.254 e. The SMILES string of the molecule is CNc1cc(C(=O)N2CCC[C@]3(CCC(=O)N(CCN(C)C)C3)C2)ccn1. The first kappa shape index (κ1) is 19.6. The highest BCUT2D eigenvalue weighted by molar-refractivity contribution is 5.95. The Morgan fingerprint density at radius 3 is 2.89 bits per heavy atom. The normalized spacial score (nSPS) is 23.2. The minimum absolute atomic E-state index is 0.0347. The van der Waals surface area contributed by atoms with Crippen LogP contribution in [0.15, 0.2) is 18.3 Å². The van der Waals surface area contributed by atoms with E-state index < -0.39 is 0 Å². The number of likely N-dealkylation sites (tertiary alicyclic amines) is 2. The molecule has 2 fully saturated rings. The van der Waals surface area contributed by atoms with E-state index in [1.807, 2.05) is 23.9 Å². The molecule has 3 heterocycles. The molecule has 1 aromatic rings. The molecule has 2 aliphatic rings. The number of hydrogen-bond donors (Lipinski definition) is 1. The Kier molecular flexibility index (Phi) is 5.99. The fourth-order valence-electron chi connectivity index (χ4n) is 4.22. The van der Waals surface area contributed by atoms with Gasteiger partial charge in [-0.3, -0.25) is 9.59 Å². The number of likely N-dealkylation sites (N-methyl/N-ethyl adjacent to an activating group) is 1. The molecular formula is C20H31N5O2. The van der Waals surface area contributed by atoms with Gasteiger partial charge in [0.2, 0.25) is 5.91 Å². The van der Waals surface area contributed by atoms with Crippen molar-refractivity contribution in [3.8, 4) is 0 Å². The van der Waals surface area contributed by atoms with Gasteiger partial charge in [0, 0.05) is 63.4 Å². The second-order valence-electron chi connectivity index (χ2n) is 8.13. The molecule has 1 aromatic heterocycles. The minimum atomic E-state index is 0.0347. The van der Waals surface area contributed by atoms with Crippen molar-refractivity contribution in [3.63, 3.8) is 0 Å². The Balaban J connectivity index is 1.70. The van der Waals surface area contributed by atoms with Gasteiger partial charge >= 0.3 is 0 Å². The van der Waals surface area contributed by atoms with Crippen molar-refractivity contribution < 1.29 is 9.59 Å². The fourth-order valence-corrected chi connectivity index (χ4v) is 4.22. The van der Waals surface area contributed by atoms with E-state index in [2.05, 4.69) is 15.2 Å². The minimum Gasteiger partial charge on any atom is -0.373 e. The summed E-state index contributed by atoms with van der Waals surface area (Å²) in [6.45, 7) is 3.91. The Bertz CT molecular complexity index is 693. The summed E-state index contributed by atoms with van der Waals surface area (Å²) >= 11 is 0. The van der Waals surface area contributed by atoms with E-state index in [-0.39, 0.29) is 17.2 Å². The molecule has 1 N–H and O–H groups in total. The zero-order chi connectivity index (χ0) is 19.4. The van der Waals surface area contributed by atoms with Gasteiger partial charge in [0.1, 0.15) is 5.82 Å². The maximum atomic E-state index is 13.0. The molecule has 3 rings (SSSR count). The lowest BCUT2D eigenvalue weighted by molar-refractivity contribution is -0.139. The zero-order valence-electron chi connectivity index (χ0n) is 16.7. The summed E-state index contributed by atoms with van der Waals surface area (Å²) in [4.78, 5) is 35.7. The molecule has 0 unspecified atom stereocenters. The van der Waals surface area contributed by atoms with Crippen LogP contribution in [0.4, 0.5) is 5.82 Å². The molecule has 1 atom stereocenters. The Hall–Kier alpha value is -2.15. The number of piperidine rings is 2. The second kappa shape index (κ2) is 8.25. The highest BCUT2D eigenvalue weighted by atomic mass is 16.2. The fraction of sp³-hybridized carbons (Fsp3) is 0.650. The third-order valence-corrected chi connectivity index (χ3v) is 5.78. The third kappa shape index (κ3) is 4.58. The lowest BCUT2D eigenvalue weighted by Crippen LogP contribution is -2.55. The third-order valence-electron chi connectivity index (χ3n) is 5.78. The number of anilines is 1. The molecule has 0 radical (unpaired) electrons. The van der Waals surface area contributed by atoms with E-state index in [9.17, 15) is 9.59 Å². The first-order chi connectivity index (χ1) is 12.9. The molecule has 1 spiro atoms. The summed E-state index contributed by atoms with van der Waals surface area (Å²) < 4.78 is 0. The number of rotatable bonds is 5. The van der Waals surface area contributed by atoms with Crippen molar-refractivity contribution in [2.24, 2.45) is 5.41 Å². The number of nitrogens with zero attached hydrogens (tertiary/aromatic N) is 4. The molecule has 0 aliphatic carbocycles. The molecule has 148 valence electrons. The highest BCUT2D eigenvalue weighted by Crippen LogP contribution is 2.39. The van der Waals surface area contributed by atoms with Crippen LogP contribution in [0.25, 0.3) is 0 Å². The predicted molar refractivity (Wildman–Crippen MR) is 106 cm³/mol. The summed E-state index contributed by atoms with van der Waals surface area (Å²) in [6.07, 6.45) is 5.22. The van der Waals surface area contributed by atoms with Crippen LogP contribution in [0.1, 0.15) is 36.0 Å². The molecule has 7 heteroatoms. The molecule has 2 amide bonds. The van der Waals surface area contributed by atoms with E-state index in [1.165, 1.54) is 0 Å².